The molecule has 1 saturated heterocycles. The summed E-state index contributed by atoms with van der Waals surface area (Å²) >= 11 is 0. The highest BCUT2D eigenvalue weighted by molar-refractivity contribution is 7.88. The molecule has 1 N–H and O–H groups in total. The number of methoxy groups -OCH3 is 1. The maximum absolute atomic E-state index is 14.4. The van der Waals surface area contributed by atoms with Crippen molar-refractivity contribution in [3.63, 3.8) is 0 Å². The van der Waals surface area contributed by atoms with Crippen LogP contribution in [-0.4, -0.2) is 84.3 Å². The van der Waals surface area contributed by atoms with Crippen molar-refractivity contribution in [3.05, 3.63) is 83.2 Å². The smallest absolute Gasteiger partial charge is 0.433 e. The largest absolute Gasteiger partial charge is 0.497 e. The third-order valence-electron chi connectivity index (χ3n) is 8.16. The van der Waals surface area contributed by atoms with E-state index in [-0.39, 0.29) is 47.6 Å². The number of hydrogen-bond acceptors (Lipinski definition) is 7. The standard InChI is InChI=1S/C31H35F3N6O4S/c1-5-23-19-38(26(18-36-45(4,42)43)21-9-7-6-8-10-21)15-16-39(23)30(41)25-17-35-40-28(31(32,33)34)20(2)27(37-29(25)40)22-11-13-24(44-3)14-12-22/h6-14,17,23,26,36H,5,15-16,18-19H2,1-4H3/t23?,26-/m1/s1. The molecule has 2 aromatic heterocycles. The van der Waals surface area contributed by atoms with Gasteiger partial charge in [-0.15, -0.1) is 0 Å². The molecule has 45 heavy (non-hydrogen) atoms. The number of hydrogen-bond donors (Lipinski definition) is 1. The first-order valence-corrected chi connectivity index (χ1v) is 16.4. The molecule has 2 atom stereocenters. The second-order valence-corrected chi connectivity index (χ2v) is 12.9. The number of carbonyl (C=O) groups is 1. The minimum atomic E-state index is -4.76. The zero-order valence-corrected chi connectivity index (χ0v) is 26.2. The fourth-order valence-corrected chi connectivity index (χ4v) is 6.35. The molecule has 14 heteroatoms. The van der Waals surface area contributed by atoms with Crippen molar-refractivity contribution in [1.29, 1.82) is 0 Å². The Bertz CT molecular complexity index is 1780. The van der Waals surface area contributed by atoms with Gasteiger partial charge in [-0.25, -0.2) is 22.6 Å². The molecule has 240 valence electrons. The number of alkyl halides is 3. The van der Waals surface area contributed by atoms with Crippen molar-refractivity contribution in [3.8, 4) is 17.0 Å². The number of halogens is 3. The Morgan fingerprint density at radius 1 is 1.11 bits per heavy atom. The fraction of sp³-hybridized carbons (Fsp3) is 0.387. The third-order valence-corrected chi connectivity index (χ3v) is 8.85. The van der Waals surface area contributed by atoms with Gasteiger partial charge in [-0.2, -0.15) is 18.3 Å². The number of aromatic nitrogens is 3. The lowest BCUT2D eigenvalue weighted by Gasteiger charge is -2.44. The lowest BCUT2D eigenvalue weighted by molar-refractivity contribution is -0.143. The van der Waals surface area contributed by atoms with E-state index in [1.807, 2.05) is 37.3 Å². The number of carbonyl (C=O) groups excluding carboxylic acids is 1. The maximum Gasteiger partial charge on any atom is 0.433 e. The average molecular weight is 645 g/mol. The highest BCUT2D eigenvalue weighted by atomic mass is 32.2. The molecule has 10 nitrogen and oxygen atoms in total. The van der Waals surface area contributed by atoms with E-state index in [1.54, 1.807) is 29.2 Å². The Kier molecular flexibility index (Phi) is 9.19. The first-order valence-electron chi connectivity index (χ1n) is 14.5. The van der Waals surface area contributed by atoms with Gasteiger partial charge in [-0.05, 0) is 43.2 Å². The van der Waals surface area contributed by atoms with Crippen LogP contribution < -0.4 is 9.46 Å². The molecule has 5 rings (SSSR count). The minimum Gasteiger partial charge on any atom is -0.497 e. The Hall–Kier alpha value is -4.01. The van der Waals surface area contributed by atoms with Crippen molar-refractivity contribution in [2.75, 3.05) is 39.5 Å². The van der Waals surface area contributed by atoms with Crippen LogP contribution in [-0.2, 0) is 16.2 Å². The molecule has 1 unspecified atom stereocenters. The van der Waals surface area contributed by atoms with Crippen LogP contribution in [0.2, 0.25) is 0 Å². The Morgan fingerprint density at radius 2 is 1.80 bits per heavy atom. The molecule has 0 bridgehead atoms. The number of nitrogens with zero attached hydrogens (tertiary/aromatic N) is 5. The van der Waals surface area contributed by atoms with E-state index >= 15 is 0 Å². The summed E-state index contributed by atoms with van der Waals surface area (Å²) in [5, 5.41) is 4.00. The number of amides is 1. The number of rotatable bonds is 9. The molecule has 1 fully saturated rings. The summed E-state index contributed by atoms with van der Waals surface area (Å²) in [5.74, 6) is 0.0762. The van der Waals surface area contributed by atoms with Crippen molar-refractivity contribution < 1.29 is 31.1 Å². The number of sulfonamides is 1. The van der Waals surface area contributed by atoms with Crippen LogP contribution in [0.25, 0.3) is 16.9 Å². The molecule has 1 amide bonds. The van der Waals surface area contributed by atoms with Gasteiger partial charge in [0.15, 0.2) is 11.3 Å². The van der Waals surface area contributed by atoms with Crippen molar-refractivity contribution in [1.82, 2.24) is 29.1 Å². The Morgan fingerprint density at radius 3 is 2.40 bits per heavy atom. The Labute approximate surface area is 259 Å². The monoisotopic (exact) mass is 644 g/mol. The average Bonchev–Trinajstić information content (AvgIpc) is 3.42. The van der Waals surface area contributed by atoms with Gasteiger partial charge in [-0.1, -0.05) is 37.3 Å². The van der Waals surface area contributed by atoms with Gasteiger partial charge in [0.2, 0.25) is 10.0 Å². The molecule has 3 heterocycles. The second kappa shape index (κ2) is 12.8. The van der Waals surface area contributed by atoms with Crippen LogP contribution in [0.4, 0.5) is 13.2 Å². The highest BCUT2D eigenvalue weighted by Gasteiger charge is 2.40. The molecule has 0 spiro atoms. The fourth-order valence-electron chi connectivity index (χ4n) is 5.88. The minimum absolute atomic E-state index is 0.0273. The van der Waals surface area contributed by atoms with Crippen LogP contribution in [0.1, 0.15) is 46.6 Å². The summed E-state index contributed by atoms with van der Waals surface area (Å²) in [7, 11) is -1.95. The van der Waals surface area contributed by atoms with Gasteiger partial charge in [0, 0.05) is 49.4 Å². The number of benzene rings is 2. The number of nitrogens with one attached hydrogen (secondary N) is 1. The summed E-state index contributed by atoms with van der Waals surface area (Å²) in [5.41, 5.74) is 0.135. The number of fused-ring (bicyclic) bond motifs is 1. The third kappa shape index (κ3) is 6.82. The zero-order valence-electron chi connectivity index (χ0n) is 25.4. The molecular weight excluding hydrogens is 609 g/mol. The van der Waals surface area contributed by atoms with E-state index in [0.717, 1.165) is 18.0 Å². The van der Waals surface area contributed by atoms with Gasteiger partial charge in [0.25, 0.3) is 5.91 Å². The van der Waals surface area contributed by atoms with Crippen LogP contribution >= 0.6 is 0 Å². The van der Waals surface area contributed by atoms with Crippen LogP contribution in [0.15, 0.2) is 60.8 Å². The van der Waals surface area contributed by atoms with E-state index in [1.165, 1.54) is 14.0 Å². The number of piperazine rings is 1. The van der Waals surface area contributed by atoms with E-state index in [4.69, 9.17) is 4.74 Å². The molecule has 0 radical (unpaired) electrons. The summed E-state index contributed by atoms with van der Waals surface area (Å²) in [6.45, 7) is 4.56. The van der Waals surface area contributed by atoms with Crippen molar-refractivity contribution in [2.24, 2.45) is 0 Å². The first-order chi connectivity index (χ1) is 21.3. The summed E-state index contributed by atoms with van der Waals surface area (Å²) in [6.07, 6.45) is -1.93. The summed E-state index contributed by atoms with van der Waals surface area (Å²) in [4.78, 5) is 22.4. The van der Waals surface area contributed by atoms with Crippen LogP contribution in [0, 0.1) is 6.92 Å². The zero-order chi connectivity index (χ0) is 32.5. The molecule has 4 aromatic rings. The molecule has 0 aliphatic carbocycles. The predicted molar refractivity (Wildman–Crippen MR) is 163 cm³/mol. The normalized spacial score (nSPS) is 17.0. The van der Waals surface area contributed by atoms with E-state index in [0.29, 0.717) is 35.3 Å². The summed E-state index contributed by atoms with van der Waals surface area (Å²) < 4.78 is 75.6. The van der Waals surface area contributed by atoms with Gasteiger partial charge in [-0.3, -0.25) is 9.69 Å². The molecular formula is C31H35F3N6O4S. The Balaban J connectivity index is 1.49. The van der Waals surface area contributed by atoms with Crippen LogP contribution in [0.3, 0.4) is 0 Å². The van der Waals surface area contributed by atoms with Gasteiger partial charge in [0.1, 0.15) is 11.3 Å². The quantitative estimate of drug-likeness (QED) is 0.285. The lowest BCUT2D eigenvalue weighted by atomic mass is 10.0. The van der Waals surface area contributed by atoms with Crippen molar-refractivity contribution in [2.45, 2.75) is 38.5 Å². The highest BCUT2D eigenvalue weighted by Crippen LogP contribution is 2.37. The van der Waals surface area contributed by atoms with Gasteiger partial charge >= 0.3 is 6.18 Å². The second-order valence-electron chi connectivity index (χ2n) is 11.1. The maximum atomic E-state index is 14.4. The SMILES string of the molecule is CCC1CN([C@H](CNS(C)(=O)=O)c2ccccc2)CCN1C(=O)c1cnn2c(C(F)(F)F)c(C)c(-c3ccc(OC)cc3)nc12. The molecule has 1 aliphatic heterocycles. The van der Waals surface area contributed by atoms with E-state index in [2.05, 4.69) is 19.7 Å². The van der Waals surface area contributed by atoms with Gasteiger partial charge < -0.3 is 9.64 Å². The van der Waals surface area contributed by atoms with Crippen LogP contribution in [0.5, 0.6) is 5.75 Å². The topological polar surface area (TPSA) is 109 Å². The molecule has 1 aliphatic rings. The summed E-state index contributed by atoms with van der Waals surface area (Å²) in [6, 6.07) is 15.4. The van der Waals surface area contributed by atoms with Crippen molar-refractivity contribution >= 4 is 21.6 Å². The van der Waals surface area contributed by atoms with E-state index in [9.17, 15) is 26.4 Å². The molecule has 0 saturated carbocycles. The number of ether oxygens (including phenoxy) is 1. The first kappa shape index (κ1) is 32.4. The van der Waals surface area contributed by atoms with Gasteiger partial charge in [0.05, 0.1) is 25.3 Å². The molecule has 2 aromatic carbocycles. The lowest BCUT2D eigenvalue weighted by Crippen LogP contribution is -2.56. The van der Waals surface area contributed by atoms with E-state index < -0.39 is 27.8 Å². The predicted octanol–water partition coefficient (Wildman–Crippen LogP) is 4.56.